The van der Waals surface area contributed by atoms with Gasteiger partial charge in [0.2, 0.25) is 0 Å². The molecule has 19 heavy (non-hydrogen) atoms. The van der Waals surface area contributed by atoms with Gasteiger partial charge in [-0.2, -0.15) is 0 Å². The van der Waals surface area contributed by atoms with Crippen LogP contribution in [0.3, 0.4) is 0 Å². The highest BCUT2D eigenvalue weighted by Gasteiger charge is 2.11. The summed E-state index contributed by atoms with van der Waals surface area (Å²) in [4.78, 5) is 11.5. The van der Waals surface area contributed by atoms with E-state index in [-0.39, 0.29) is 25.0 Å². The maximum Gasteiger partial charge on any atom is 0.258 e. The number of hydrogen-bond donors (Lipinski definition) is 2. The Kier molecular flexibility index (Phi) is 5.83. The zero-order chi connectivity index (χ0) is 14.4. The molecule has 0 aromatic heterocycles. The number of amides is 1. The predicted octanol–water partition coefficient (Wildman–Crippen LogP) is 1.82. The van der Waals surface area contributed by atoms with Crippen LogP contribution in [0.5, 0.6) is 5.75 Å². The van der Waals surface area contributed by atoms with Crippen LogP contribution in [-0.2, 0) is 4.79 Å². The van der Waals surface area contributed by atoms with E-state index >= 15 is 0 Å². The summed E-state index contributed by atoms with van der Waals surface area (Å²) < 4.78 is 5.40. The average Bonchev–Trinajstić information content (AvgIpc) is 2.37. The molecule has 1 atom stereocenters. The van der Waals surface area contributed by atoms with E-state index in [4.69, 9.17) is 4.74 Å². The third kappa shape index (κ3) is 5.30. The van der Waals surface area contributed by atoms with Gasteiger partial charge in [-0.05, 0) is 43.0 Å². The summed E-state index contributed by atoms with van der Waals surface area (Å²) in [6, 6.07) is 5.72. The van der Waals surface area contributed by atoms with Crippen molar-refractivity contribution < 1.29 is 14.6 Å². The molecule has 0 saturated carbocycles. The first-order valence-electron chi connectivity index (χ1n) is 6.55. The van der Waals surface area contributed by atoms with Gasteiger partial charge in [0.1, 0.15) is 5.75 Å². The number of carbonyl (C=O) groups excluding carboxylic acids is 1. The molecule has 2 N–H and O–H groups in total. The van der Waals surface area contributed by atoms with Crippen LogP contribution in [0.15, 0.2) is 18.2 Å². The maximum absolute atomic E-state index is 11.5. The molecule has 106 valence electrons. The van der Waals surface area contributed by atoms with Crippen molar-refractivity contribution in [2.24, 2.45) is 5.92 Å². The molecule has 1 rings (SSSR count). The van der Waals surface area contributed by atoms with Crippen molar-refractivity contribution in [1.29, 1.82) is 0 Å². The molecule has 0 saturated heterocycles. The van der Waals surface area contributed by atoms with E-state index in [1.54, 1.807) is 0 Å². The number of nitrogens with one attached hydrogen (secondary N) is 1. The molecule has 1 unspecified atom stereocenters. The van der Waals surface area contributed by atoms with Crippen molar-refractivity contribution in [2.45, 2.75) is 33.8 Å². The van der Waals surface area contributed by atoms with Gasteiger partial charge >= 0.3 is 0 Å². The monoisotopic (exact) mass is 265 g/mol. The minimum Gasteiger partial charge on any atom is -0.484 e. The zero-order valence-corrected chi connectivity index (χ0v) is 12.1. The standard InChI is InChI=1S/C15H23NO3/c1-10(2)14(17)8-16-15(18)9-19-13-6-5-11(3)12(4)7-13/h5-7,10,14,17H,8-9H2,1-4H3,(H,16,18). The third-order valence-electron chi connectivity index (χ3n) is 3.13. The number of aliphatic hydroxyl groups is 1. The highest BCUT2D eigenvalue weighted by molar-refractivity contribution is 5.77. The summed E-state index contributed by atoms with van der Waals surface area (Å²) in [5.41, 5.74) is 2.32. The Bertz CT molecular complexity index is 429. The van der Waals surface area contributed by atoms with E-state index in [0.717, 1.165) is 5.56 Å². The number of aryl methyl sites for hydroxylation is 2. The number of ether oxygens (including phenoxy) is 1. The highest BCUT2D eigenvalue weighted by atomic mass is 16.5. The van der Waals surface area contributed by atoms with Gasteiger partial charge in [0.25, 0.3) is 5.91 Å². The van der Waals surface area contributed by atoms with Crippen molar-refractivity contribution in [3.63, 3.8) is 0 Å². The summed E-state index contributed by atoms with van der Waals surface area (Å²) in [6.45, 7) is 8.06. The van der Waals surface area contributed by atoms with Gasteiger partial charge in [-0.25, -0.2) is 0 Å². The molecule has 0 fully saturated rings. The van der Waals surface area contributed by atoms with Gasteiger partial charge in [0.05, 0.1) is 6.10 Å². The van der Waals surface area contributed by atoms with Crippen LogP contribution in [0, 0.1) is 19.8 Å². The molecule has 1 aromatic carbocycles. The first-order valence-corrected chi connectivity index (χ1v) is 6.55. The summed E-state index contributed by atoms with van der Waals surface area (Å²) in [5.74, 6) is 0.585. The Morgan fingerprint density at radius 2 is 2.00 bits per heavy atom. The second-order valence-corrected chi connectivity index (χ2v) is 5.15. The maximum atomic E-state index is 11.5. The van der Waals surface area contributed by atoms with Crippen LogP contribution in [0.4, 0.5) is 0 Å². The molecule has 0 aliphatic rings. The fourth-order valence-electron chi connectivity index (χ4n) is 1.46. The minimum absolute atomic E-state index is 0.0344. The third-order valence-corrected chi connectivity index (χ3v) is 3.13. The Morgan fingerprint density at radius 1 is 1.32 bits per heavy atom. The quantitative estimate of drug-likeness (QED) is 0.825. The molecule has 0 heterocycles. The Morgan fingerprint density at radius 3 is 2.58 bits per heavy atom. The van der Waals surface area contributed by atoms with Crippen LogP contribution >= 0.6 is 0 Å². The lowest BCUT2D eigenvalue weighted by atomic mass is 10.1. The molecule has 0 radical (unpaired) electrons. The van der Waals surface area contributed by atoms with Crippen LogP contribution in [0.25, 0.3) is 0 Å². The summed E-state index contributed by atoms with van der Waals surface area (Å²) >= 11 is 0. The van der Waals surface area contributed by atoms with Crippen LogP contribution < -0.4 is 10.1 Å². The SMILES string of the molecule is Cc1ccc(OCC(=O)NCC(O)C(C)C)cc1C. The van der Waals surface area contributed by atoms with Gasteiger partial charge < -0.3 is 15.2 Å². The van der Waals surface area contributed by atoms with Crippen LogP contribution in [0.2, 0.25) is 0 Å². The van der Waals surface area contributed by atoms with E-state index in [0.29, 0.717) is 5.75 Å². The second kappa shape index (κ2) is 7.14. The van der Waals surface area contributed by atoms with Crippen molar-refractivity contribution >= 4 is 5.91 Å². The van der Waals surface area contributed by atoms with E-state index in [1.165, 1.54) is 5.56 Å². The fraction of sp³-hybridized carbons (Fsp3) is 0.533. The number of aliphatic hydroxyl groups excluding tert-OH is 1. The first-order chi connectivity index (χ1) is 8.90. The van der Waals surface area contributed by atoms with Gasteiger partial charge in [-0.15, -0.1) is 0 Å². The average molecular weight is 265 g/mol. The number of carbonyl (C=O) groups is 1. The molecule has 0 bridgehead atoms. The Labute approximate surface area is 114 Å². The predicted molar refractivity (Wildman–Crippen MR) is 75.3 cm³/mol. The molecule has 0 aliphatic heterocycles. The van der Waals surface area contributed by atoms with Gasteiger partial charge in [0.15, 0.2) is 6.61 Å². The van der Waals surface area contributed by atoms with E-state index in [2.05, 4.69) is 5.32 Å². The molecule has 1 amide bonds. The molecule has 1 aromatic rings. The molecule has 4 heteroatoms. The molecule has 4 nitrogen and oxygen atoms in total. The molecule has 0 aliphatic carbocycles. The van der Waals surface area contributed by atoms with Gasteiger partial charge in [-0.1, -0.05) is 19.9 Å². The molecular formula is C15H23NO3. The van der Waals surface area contributed by atoms with Gasteiger partial charge in [-0.3, -0.25) is 4.79 Å². The second-order valence-electron chi connectivity index (χ2n) is 5.15. The van der Waals surface area contributed by atoms with Crippen molar-refractivity contribution in [3.8, 4) is 5.75 Å². The largest absolute Gasteiger partial charge is 0.484 e. The summed E-state index contributed by atoms with van der Waals surface area (Å²) in [7, 11) is 0. The molecular weight excluding hydrogens is 242 g/mol. The lowest BCUT2D eigenvalue weighted by molar-refractivity contribution is -0.123. The smallest absolute Gasteiger partial charge is 0.258 e. The first kappa shape index (κ1) is 15.5. The Hall–Kier alpha value is -1.55. The van der Waals surface area contributed by atoms with Crippen molar-refractivity contribution in [2.75, 3.05) is 13.2 Å². The topological polar surface area (TPSA) is 58.6 Å². The van der Waals surface area contributed by atoms with Crippen LogP contribution in [0.1, 0.15) is 25.0 Å². The lowest BCUT2D eigenvalue weighted by Crippen LogP contribution is -2.37. The number of benzene rings is 1. The van der Waals surface area contributed by atoms with Crippen molar-refractivity contribution in [1.82, 2.24) is 5.32 Å². The van der Waals surface area contributed by atoms with Crippen LogP contribution in [-0.4, -0.2) is 30.3 Å². The summed E-state index contributed by atoms with van der Waals surface area (Å²) in [6.07, 6.45) is -0.523. The summed E-state index contributed by atoms with van der Waals surface area (Å²) in [5, 5.41) is 12.2. The lowest BCUT2D eigenvalue weighted by Gasteiger charge is -2.15. The number of hydrogen-bond acceptors (Lipinski definition) is 3. The molecule has 0 spiro atoms. The van der Waals surface area contributed by atoms with Gasteiger partial charge in [0, 0.05) is 6.54 Å². The minimum atomic E-state index is -0.523. The zero-order valence-electron chi connectivity index (χ0n) is 12.1. The normalized spacial score (nSPS) is 12.3. The van der Waals surface area contributed by atoms with E-state index < -0.39 is 6.10 Å². The highest BCUT2D eigenvalue weighted by Crippen LogP contribution is 2.16. The van der Waals surface area contributed by atoms with E-state index in [1.807, 2.05) is 45.9 Å². The van der Waals surface area contributed by atoms with Crippen molar-refractivity contribution in [3.05, 3.63) is 29.3 Å². The number of rotatable bonds is 6. The Balaban J connectivity index is 2.35. The van der Waals surface area contributed by atoms with E-state index in [9.17, 15) is 9.90 Å². The fourth-order valence-corrected chi connectivity index (χ4v) is 1.46.